The lowest BCUT2D eigenvalue weighted by Crippen LogP contribution is -1.87. The standard InChI is InChI=1S/C9H9NS2/c1-5-4-7(10)6-2-3-12-9(6)8(5)11/h2-4,11H,10H2,1H3. The van der Waals surface area contributed by atoms with Crippen molar-refractivity contribution in [1.29, 1.82) is 0 Å². The molecule has 62 valence electrons. The molecule has 2 N–H and O–H groups in total. The van der Waals surface area contributed by atoms with Crippen molar-refractivity contribution in [3.63, 3.8) is 0 Å². The number of rotatable bonds is 0. The number of hydrogen-bond acceptors (Lipinski definition) is 3. The van der Waals surface area contributed by atoms with Crippen molar-refractivity contribution in [2.75, 3.05) is 5.73 Å². The normalized spacial score (nSPS) is 10.8. The molecule has 0 bridgehead atoms. The topological polar surface area (TPSA) is 26.0 Å². The maximum Gasteiger partial charge on any atom is 0.0499 e. The second-order valence-electron chi connectivity index (χ2n) is 2.79. The van der Waals surface area contributed by atoms with Crippen molar-refractivity contribution in [1.82, 2.24) is 0 Å². The Balaban J connectivity index is 2.97. The number of nitrogens with two attached hydrogens (primary N) is 1. The first-order chi connectivity index (χ1) is 5.70. The van der Waals surface area contributed by atoms with Crippen LogP contribution in [0.15, 0.2) is 22.4 Å². The summed E-state index contributed by atoms with van der Waals surface area (Å²) in [5, 5.41) is 3.16. The average Bonchev–Trinajstić information content (AvgIpc) is 2.48. The molecule has 0 amide bonds. The van der Waals surface area contributed by atoms with Crippen LogP contribution in [0.5, 0.6) is 0 Å². The van der Waals surface area contributed by atoms with Crippen LogP contribution in [-0.2, 0) is 0 Å². The van der Waals surface area contributed by atoms with Gasteiger partial charge in [0.25, 0.3) is 0 Å². The molecule has 0 fully saturated rings. The summed E-state index contributed by atoms with van der Waals surface area (Å²) < 4.78 is 1.19. The summed E-state index contributed by atoms with van der Waals surface area (Å²) in [6.07, 6.45) is 0. The highest BCUT2D eigenvalue weighted by Gasteiger charge is 2.05. The van der Waals surface area contributed by atoms with E-state index in [1.165, 1.54) is 4.70 Å². The minimum atomic E-state index is 0.849. The molecule has 3 heteroatoms. The van der Waals surface area contributed by atoms with E-state index in [2.05, 4.69) is 12.6 Å². The van der Waals surface area contributed by atoms with Gasteiger partial charge in [0.1, 0.15) is 0 Å². The molecule has 1 nitrogen and oxygen atoms in total. The summed E-state index contributed by atoms with van der Waals surface area (Å²) >= 11 is 6.12. The third-order valence-corrected chi connectivity index (χ3v) is 3.60. The number of nitrogen functional groups attached to an aromatic ring is 1. The second-order valence-corrected chi connectivity index (χ2v) is 4.16. The van der Waals surface area contributed by atoms with E-state index in [1.807, 2.05) is 24.4 Å². The fourth-order valence-corrected chi connectivity index (χ4v) is 2.55. The van der Waals surface area contributed by atoms with Crippen LogP contribution in [0.2, 0.25) is 0 Å². The van der Waals surface area contributed by atoms with Gasteiger partial charge in [0.05, 0.1) is 0 Å². The van der Waals surface area contributed by atoms with Gasteiger partial charge in [-0.2, -0.15) is 0 Å². The number of hydrogen-bond donors (Lipinski definition) is 2. The Bertz CT molecular complexity index is 431. The minimum absolute atomic E-state index is 0.849. The largest absolute Gasteiger partial charge is 0.398 e. The summed E-state index contributed by atoms with van der Waals surface area (Å²) in [7, 11) is 0. The fraction of sp³-hybridized carbons (Fsp3) is 0.111. The number of aryl methyl sites for hydroxylation is 1. The van der Waals surface area contributed by atoms with Crippen molar-refractivity contribution in [2.45, 2.75) is 11.8 Å². The number of thiol groups is 1. The van der Waals surface area contributed by atoms with Crippen LogP contribution in [0.4, 0.5) is 5.69 Å². The van der Waals surface area contributed by atoms with E-state index in [1.54, 1.807) is 11.3 Å². The molecule has 0 unspecified atom stereocenters. The molecule has 0 saturated carbocycles. The highest BCUT2D eigenvalue weighted by atomic mass is 32.1. The van der Waals surface area contributed by atoms with Crippen LogP contribution in [0, 0.1) is 6.92 Å². The number of thiophene rings is 1. The zero-order chi connectivity index (χ0) is 8.72. The molecule has 0 aliphatic rings. The molecule has 1 heterocycles. The molecule has 1 aromatic heterocycles. The van der Waals surface area contributed by atoms with Gasteiger partial charge in [-0.05, 0) is 30.0 Å². The lowest BCUT2D eigenvalue weighted by atomic mass is 10.1. The van der Waals surface area contributed by atoms with E-state index < -0.39 is 0 Å². The van der Waals surface area contributed by atoms with E-state index in [4.69, 9.17) is 5.73 Å². The summed E-state index contributed by atoms with van der Waals surface area (Å²) in [4.78, 5) is 1.05. The van der Waals surface area contributed by atoms with Gasteiger partial charge in [0.15, 0.2) is 0 Å². The van der Waals surface area contributed by atoms with Crippen molar-refractivity contribution >= 4 is 39.7 Å². The molecule has 0 radical (unpaired) electrons. The molecular formula is C9H9NS2. The van der Waals surface area contributed by atoms with E-state index in [0.29, 0.717) is 0 Å². The van der Waals surface area contributed by atoms with Gasteiger partial charge in [0, 0.05) is 20.7 Å². The Morgan fingerprint density at radius 3 is 3.00 bits per heavy atom. The van der Waals surface area contributed by atoms with Crippen LogP contribution in [0.25, 0.3) is 10.1 Å². The SMILES string of the molecule is Cc1cc(N)c2ccsc2c1S. The predicted molar refractivity (Wildman–Crippen MR) is 58.2 cm³/mol. The molecule has 2 aromatic rings. The van der Waals surface area contributed by atoms with Gasteiger partial charge < -0.3 is 5.73 Å². The van der Waals surface area contributed by atoms with E-state index in [9.17, 15) is 0 Å². The van der Waals surface area contributed by atoms with Crippen molar-refractivity contribution in [3.8, 4) is 0 Å². The number of benzene rings is 1. The van der Waals surface area contributed by atoms with E-state index >= 15 is 0 Å². The Morgan fingerprint density at radius 2 is 2.25 bits per heavy atom. The molecule has 0 aliphatic heterocycles. The van der Waals surface area contributed by atoms with E-state index in [-0.39, 0.29) is 0 Å². The zero-order valence-corrected chi connectivity index (χ0v) is 8.38. The molecule has 0 spiro atoms. The summed E-state index contributed by atoms with van der Waals surface area (Å²) in [5.41, 5.74) is 7.84. The first-order valence-corrected chi connectivity index (χ1v) is 4.98. The summed E-state index contributed by atoms with van der Waals surface area (Å²) in [6, 6.07) is 4.01. The lowest BCUT2D eigenvalue weighted by molar-refractivity contribution is 1.38. The van der Waals surface area contributed by atoms with Crippen LogP contribution < -0.4 is 5.73 Å². The van der Waals surface area contributed by atoms with Gasteiger partial charge in [0.2, 0.25) is 0 Å². The zero-order valence-electron chi connectivity index (χ0n) is 6.66. The maximum atomic E-state index is 5.84. The van der Waals surface area contributed by atoms with Crippen molar-refractivity contribution < 1.29 is 0 Å². The summed E-state index contributed by atoms with van der Waals surface area (Å²) in [5.74, 6) is 0. The lowest BCUT2D eigenvalue weighted by Gasteiger charge is -2.02. The van der Waals surface area contributed by atoms with Crippen molar-refractivity contribution in [3.05, 3.63) is 23.1 Å². The number of fused-ring (bicyclic) bond motifs is 1. The molecule has 1 aromatic carbocycles. The molecule has 12 heavy (non-hydrogen) atoms. The minimum Gasteiger partial charge on any atom is -0.398 e. The van der Waals surface area contributed by atoms with Crippen LogP contribution >= 0.6 is 24.0 Å². The third kappa shape index (κ3) is 1.01. The monoisotopic (exact) mass is 195 g/mol. The van der Waals surface area contributed by atoms with Gasteiger partial charge in [-0.25, -0.2) is 0 Å². The number of anilines is 1. The highest BCUT2D eigenvalue weighted by molar-refractivity contribution is 7.80. The average molecular weight is 195 g/mol. The molecular weight excluding hydrogens is 186 g/mol. The fourth-order valence-electron chi connectivity index (χ4n) is 1.28. The van der Waals surface area contributed by atoms with Crippen LogP contribution in [-0.4, -0.2) is 0 Å². The first kappa shape index (κ1) is 7.95. The molecule has 0 atom stereocenters. The van der Waals surface area contributed by atoms with Gasteiger partial charge in [-0.1, -0.05) is 0 Å². The predicted octanol–water partition coefficient (Wildman–Crippen LogP) is 3.08. The Kier molecular flexibility index (Phi) is 1.77. The molecule has 0 saturated heterocycles. The highest BCUT2D eigenvalue weighted by Crippen LogP contribution is 2.33. The summed E-state index contributed by atoms with van der Waals surface area (Å²) in [6.45, 7) is 2.03. The molecule has 2 rings (SSSR count). The quantitative estimate of drug-likeness (QED) is 0.490. The van der Waals surface area contributed by atoms with Gasteiger partial charge in [-0.3, -0.25) is 0 Å². The van der Waals surface area contributed by atoms with Gasteiger partial charge >= 0.3 is 0 Å². The Morgan fingerprint density at radius 1 is 1.50 bits per heavy atom. The smallest absolute Gasteiger partial charge is 0.0499 e. The molecule has 0 aliphatic carbocycles. The van der Waals surface area contributed by atoms with Crippen molar-refractivity contribution in [2.24, 2.45) is 0 Å². The third-order valence-electron chi connectivity index (χ3n) is 1.94. The Labute approximate surface area is 80.6 Å². The van der Waals surface area contributed by atoms with Gasteiger partial charge in [-0.15, -0.1) is 24.0 Å². The second kappa shape index (κ2) is 2.68. The van der Waals surface area contributed by atoms with E-state index in [0.717, 1.165) is 21.5 Å². The van der Waals surface area contributed by atoms with Crippen LogP contribution in [0.3, 0.4) is 0 Å². The maximum absolute atomic E-state index is 5.84. The first-order valence-electron chi connectivity index (χ1n) is 3.65. The van der Waals surface area contributed by atoms with Crippen LogP contribution in [0.1, 0.15) is 5.56 Å². The Hall–Kier alpha value is -0.670.